The van der Waals surface area contributed by atoms with E-state index >= 15 is 0 Å². The Hall–Kier alpha value is -3.52. The number of aliphatic hydroxyl groups excluding tert-OH is 1. The highest BCUT2D eigenvalue weighted by Gasteiger charge is 2.46. The second-order valence-corrected chi connectivity index (χ2v) is 9.23. The molecule has 34 heavy (non-hydrogen) atoms. The van der Waals surface area contributed by atoms with Crippen molar-refractivity contribution in [2.45, 2.75) is 6.04 Å². The molecule has 1 atom stereocenters. The van der Waals surface area contributed by atoms with E-state index in [0.717, 1.165) is 29.2 Å². The van der Waals surface area contributed by atoms with Crippen LogP contribution in [0, 0.1) is 0 Å². The molecule has 0 saturated carbocycles. The molecule has 0 aliphatic carbocycles. The number of nitrogens with zero attached hydrogens (tertiary/aromatic N) is 4. The summed E-state index contributed by atoms with van der Waals surface area (Å²) < 4.78 is 5.71. The minimum Gasteiger partial charge on any atom is -0.507 e. The number of carbonyl (C=O) groups excluding carboxylic acids is 2. The van der Waals surface area contributed by atoms with Gasteiger partial charge in [0.1, 0.15) is 18.1 Å². The lowest BCUT2D eigenvalue weighted by Crippen LogP contribution is -2.35. The third-order valence-electron chi connectivity index (χ3n) is 6.38. The number of hydrogen-bond donors (Lipinski definition) is 1. The summed E-state index contributed by atoms with van der Waals surface area (Å²) in [4.78, 5) is 33.9. The summed E-state index contributed by atoms with van der Waals surface area (Å²) in [7, 11) is 9.70. The number of carbonyl (C=O) groups is 2. The molecule has 2 heterocycles. The number of hydrogen-bond acceptors (Lipinski definition) is 7. The van der Waals surface area contributed by atoms with Gasteiger partial charge in [0.25, 0.3) is 11.7 Å². The molecule has 8 heteroatoms. The van der Waals surface area contributed by atoms with Crippen molar-refractivity contribution in [1.29, 1.82) is 0 Å². The van der Waals surface area contributed by atoms with Crippen molar-refractivity contribution >= 4 is 28.8 Å². The van der Waals surface area contributed by atoms with Crippen LogP contribution in [0.1, 0.15) is 17.2 Å². The maximum atomic E-state index is 13.2. The van der Waals surface area contributed by atoms with Gasteiger partial charge in [-0.1, -0.05) is 12.1 Å². The summed E-state index contributed by atoms with van der Waals surface area (Å²) in [5, 5.41) is 11.4. The van der Waals surface area contributed by atoms with E-state index in [0.29, 0.717) is 25.3 Å². The van der Waals surface area contributed by atoms with E-state index in [4.69, 9.17) is 4.74 Å². The number of amides is 1. The van der Waals surface area contributed by atoms with Crippen LogP contribution in [-0.2, 0) is 9.59 Å². The first kappa shape index (κ1) is 23.6. The molecule has 1 amide bonds. The Kier molecular flexibility index (Phi) is 6.52. The number of benzene rings is 2. The lowest BCUT2D eigenvalue weighted by molar-refractivity contribution is -0.140. The van der Waals surface area contributed by atoms with Crippen LogP contribution in [-0.4, -0.2) is 88.1 Å². The predicted octanol–water partition coefficient (Wildman–Crippen LogP) is 2.56. The molecule has 1 fully saturated rings. The molecule has 1 unspecified atom stereocenters. The van der Waals surface area contributed by atoms with Gasteiger partial charge >= 0.3 is 0 Å². The smallest absolute Gasteiger partial charge is 0.295 e. The van der Waals surface area contributed by atoms with Crippen molar-refractivity contribution < 1.29 is 19.4 Å². The minimum atomic E-state index is -0.666. The second kappa shape index (κ2) is 9.38. The van der Waals surface area contributed by atoms with E-state index in [1.807, 2.05) is 80.3 Å². The topological polar surface area (TPSA) is 76.6 Å². The van der Waals surface area contributed by atoms with E-state index < -0.39 is 17.7 Å². The molecule has 0 spiro atoms. The van der Waals surface area contributed by atoms with Crippen LogP contribution in [0.2, 0.25) is 0 Å². The molecule has 2 aromatic carbocycles. The van der Waals surface area contributed by atoms with Gasteiger partial charge in [-0.3, -0.25) is 9.59 Å². The maximum Gasteiger partial charge on any atom is 0.295 e. The summed E-state index contributed by atoms with van der Waals surface area (Å²) >= 11 is 0. The third-order valence-corrected chi connectivity index (χ3v) is 6.38. The summed E-state index contributed by atoms with van der Waals surface area (Å²) in [6, 6.07) is 12.4. The molecule has 4 rings (SSSR count). The summed E-state index contributed by atoms with van der Waals surface area (Å²) in [5.41, 5.74) is 3.22. The first-order chi connectivity index (χ1) is 16.2. The van der Waals surface area contributed by atoms with Crippen molar-refractivity contribution in [3.63, 3.8) is 0 Å². The average Bonchev–Trinajstić information content (AvgIpc) is 3.07. The summed E-state index contributed by atoms with van der Waals surface area (Å²) in [6.45, 7) is 2.29. The molecule has 2 aliphatic heterocycles. The second-order valence-electron chi connectivity index (χ2n) is 9.23. The lowest BCUT2D eigenvalue weighted by Gasteiger charge is -2.28. The first-order valence-electron chi connectivity index (χ1n) is 11.4. The average molecular weight is 465 g/mol. The molecule has 2 aliphatic rings. The van der Waals surface area contributed by atoms with Gasteiger partial charge in [-0.05, 0) is 50.0 Å². The Balaban J connectivity index is 1.82. The molecule has 8 nitrogen and oxygen atoms in total. The lowest BCUT2D eigenvalue weighted by atomic mass is 9.94. The van der Waals surface area contributed by atoms with Gasteiger partial charge in [0.2, 0.25) is 0 Å². The number of rotatable bonds is 6. The van der Waals surface area contributed by atoms with Crippen LogP contribution in [0.5, 0.6) is 5.75 Å². The van der Waals surface area contributed by atoms with Crippen LogP contribution in [0.25, 0.3) is 5.76 Å². The highest BCUT2D eigenvalue weighted by atomic mass is 16.5. The van der Waals surface area contributed by atoms with Crippen molar-refractivity contribution in [2.75, 3.05) is 71.3 Å². The van der Waals surface area contributed by atoms with E-state index in [1.54, 1.807) is 17.0 Å². The molecular weight excluding hydrogens is 432 g/mol. The number of anilines is 2. The van der Waals surface area contributed by atoms with Gasteiger partial charge in [0, 0.05) is 45.5 Å². The Morgan fingerprint density at radius 2 is 1.79 bits per heavy atom. The summed E-state index contributed by atoms with van der Waals surface area (Å²) in [6.07, 6.45) is 0. The van der Waals surface area contributed by atoms with Gasteiger partial charge in [-0.15, -0.1) is 0 Å². The monoisotopic (exact) mass is 464 g/mol. The SMILES string of the molecule is CN(C)CCN1C(=O)C(=O)/C(=C(\O)c2ccc3c(c2)N(C)CCO3)C1c1ccc(N(C)C)cc1. The highest BCUT2D eigenvalue weighted by molar-refractivity contribution is 6.46. The Morgan fingerprint density at radius 3 is 2.44 bits per heavy atom. The van der Waals surface area contributed by atoms with Gasteiger partial charge < -0.3 is 29.4 Å². The van der Waals surface area contributed by atoms with Crippen molar-refractivity contribution in [3.8, 4) is 5.75 Å². The van der Waals surface area contributed by atoms with Crippen LogP contribution in [0.4, 0.5) is 11.4 Å². The predicted molar refractivity (Wildman–Crippen MR) is 134 cm³/mol. The van der Waals surface area contributed by atoms with Crippen molar-refractivity contribution in [1.82, 2.24) is 9.80 Å². The number of fused-ring (bicyclic) bond motifs is 1. The largest absolute Gasteiger partial charge is 0.507 e. The number of Topliss-reactive ketones (excluding diaryl/α,β-unsaturated/α-hetero) is 1. The van der Waals surface area contributed by atoms with Gasteiger partial charge in [-0.2, -0.15) is 0 Å². The standard InChI is InChI=1S/C26H32N4O4/c1-27(2)12-13-30-23(17-6-9-19(10-7-17)28(3)4)22(25(32)26(30)33)24(31)18-8-11-21-20(16-18)29(5)14-15-34-21/h6-11,16,23,31H,12-15H2,1-5H3/b24-22-. The Bertz CT molecular complexity index is 1120. The molecule has 2 aromatic rings. The zero-order chi connectivity index (χ0) is 24.6. The zero-order valence-electron chi connectivity index (χ0n) is 20.4. The molecule has 0 radical (unpaired) electrons. The van der Waals surface area contributed by atoms with Gasteiger partial charge in [-0.25, -0.2) is 0 Å². The molecule has 0 aromatic heterocycles. The first-order valence-corrected chi connectivity index (χ1v) is 11.4. The highest BCUT2D eigenvalue weighted by Crippen LogP contribution is 2.41. The molecule has 1 saturated heterocycles. The molecule has 1 N–H and O–H groups in total. The van der Waals surface area contributed by atoms with E-state index in [9.17, 15) is 14.7 Å². The van der Waals surface area contributed by atoms with Gasteiger partial charge in [0.05, 0.1) is 23.8 Å². The third kappa shape index (κ3) is 4.33. The molecule has 0 bridgehead atoms. The van der Waals surface area contributed by atoms with Crippen LogP contribution in [0.15, 0.2) is 48.0 Å². The van der Waals surface area contributed by atoms with Crippen molar-refractivity contribution in [3.05, 3.63) is 59.2 Å². The summed E-state index contributed by atoms with van der Waals surface area (Å²) in [5.74, 6) is -0.703. The fraction of sp³-hybridized carbons (Fsp3) is 0.385. The van der Waals surface area contributed by atoms with E-state index in [2.05, 4.69) is 0 Å². The van der Waals surface area contributed by atoms with Crippen molar-refractivity contribution in [2.24, 2.45) is 0 Å². The van der Waals surface area contributed by atoms with E-state index in [-0.39, 0.29) is 11.3 Å². The fourth-order valence-electron chi connectivity index (χ4n) is 4.37. The Labute approximate surface area is 200 Å². The van der Waals surface area contributed by atoms with Crippen LogP contribution < -0.4 is 14.5 Å². The van der Waals surface area contributed by atoms with Crippen LogP contribution >= 0.6 is 0 Å². The minimum absolute atomic E-state index is 0.112. The normalized spacial score (nSPS) is 19.4. The van der Waals surface area contributed by atoms with Crippen LogP contribution in [0.3, 0.4) is 0 Å². The number of aliphatic hydroxyl groups is 1. The fourth-order valence-corrected chi connectivity index (χ4v) is 4.37. The molecular formula is C26H32N4O4. The number of ketones is 1. The van der Waals surface area contributed by atoms with E-state index in [1.165, 1.54) is 0 Å². The quantitative estimate of drug-likeness (QED) is 0.400. The van der Waals surface area contributed by atoms with Gasteiger partial charge in [0.15, 0.2) is 0 Å². The Morgan fingerprint density at radius 1 is 1.09 bits per heavy atom. The number of likely N-dealkylation sites (N-methyl/N-ethyl adjacent to an activating group) is 2. The number of ether oxygens (including phenoxy) is 1. The maximum absolute atomic E-state index is 13.2. The zero-order valence-corrected chi connectivity index (χ0v) is 20.4. The number of likely N-dealkylation sites (tertiary alicyclic amines) is 1. The molecule has 180 valence electrons.